The molecule has 0 fully saturated rings. The van der Waals surface area contributed by atoms with Gasteiger partial charge in [0.05, 0.1) is 13.2 Å². The average Bonchev–Trinajstić information content (AvgIpc) is 2.68. The lowest BCUT2D eigenvalue weighted by atomic mass is 10.00. The molecule has 0 saturated carbocycles. The van der Waals surface area contributed by atoms with E-state index in [0.29, 0.717) is 30.1 Å². The molecule has 1 rings (SSSR count). The van der Waals surface area contributed by atoms with Crippen molar-refractivity contribution in [1.29, 1.82) is 0 Å². The van der Waals surface area contributed by atoms with E-state index in [1.54, 1.807) is 13.8 Å². The monoisotopic (exact) mass is 410 g/mol. The van der Waals surface area contributed by atoms with E-state index in [1.165, 1.54) is 25.7 Å². The second-order valence-corrected chi connectivity index (χ2v) is 7.52. The molecule has 0 unspecified atom stereocenters. The Morgan fingerprint density at radius 2 is 1.34 bits per heavy atom. The van der Waals surface area contributed by atoms with E-state index < -0.39 is 11.7 Å². The SMILES string of the molecule is CCCCCCCOOc1c(O)c(C(=O)O)c(C)c(C)c1OCCCCCCC. The number of benzene rings is 1. The highest BCUT2D eigenvalue weighted by atomic mass is 17.2. The smallest absolute Gasteiger partial charge is 0.339 e. The highest BCUT2D eigenvalue weighted by Crippen LogP contribution is 2.44. The number of phenols is 1. The Bertz CT molecular complexity index is 627. The summed E-state index contributed by atoms with van der Waals surface area (Å²) in [6.45, 7) is 8.60. The first-order chi connectivity index (χ1) is 14.0. The molecule has 0 aromatic heterocycles. The molecule has 0 aliphatic heterocycles. The van der Waals surface area contributed by atoms with Crippen LogP contribution >= 0.6 is 0 Å². The third kappa shape index (κ3) is 8.13. The van der Waals surface area contributed by atoms with Crippen LogP contribution in [0.5, 0.6) is 17.2 Å². The van der Waals surface area contributed by atoms with Crippen LogP contribution in [0, 0.1) is 13.8 Å². The second-order valence-electron chi connectivity index (χ2n) is 7.52. The summed E-state index contributed by atoms with van der Waals surface area (Å²) >= 11 is 0. The van der Waals surface area contributed by atoms with Gasteiger partial charge in [-0.1, -0.05) is 65.2 Å². The number of unbranched alkanes of at least 4 members (excludes halogenated alkanes) is 8. The van der Waals surface area contributed by atoms with Gasteiger partial charge in [-0.3, -0.25) is 0 Å². The van der Waals surface area contributed by atoms with Gasteiger partial charge < -0.3 is 19.8 Å². The molecule has 0 spiro atoms. The average molecular weight is 411 g/mol. The maximum atomic E-state index is 11.6. The molecule has 0 atom stereocenters. The molecule has 166 valence electrons. The van der Waals surface area contributed by atoms with Crippen LogP contribution in [-0.2, 0) is 4.89 Å². The molecule has 1 aromatic rings. The van der Waals surface area contributed by atoms with E-state index >= 15 is 0 Å². The van der Waals surface area contributed by atoms with Gasteiger partial charge in [-0.15, -0.1) is 0 Å². The van der Waals surface area contributed by atoms with Gasteiger partial charge in [0.2, 0.25) is 5.75 Å². The summed E-state index contributed by atoms with van der Waals surface area (Å²) in [6.07, 6.45) is 10.9. The molecule has 0 bridgehead atoms. The number of ether oxygens (including phenoxy) is 1. The summed E-state index contributed by atoms with van der Waals surface area (Å²) in [5.74, 6) is -1.36. The molecule has 0 aliphatic rings. The minimum Gasteiger partial charge on any atom is -0.503 e. The minimum absolute atomic E-state index is 0.0485. The quantitative estimate of drug-likeness (QED) is 0.188. The van der Waals surface area contributed by atoms with E-state index in [-0.39, 0.29) is 11.3 Å². The Morgan fingerprint density at radius 1 is 0.793 bits per heavy atom. The number of hydrogen-bond donors (Lipinski definition) is 2. The topological polar surface area (TPSA) is 85.2 Å². The molecule has 0 saturated heterocycles. The van der Waals surface area contributed by atoms with Gasteiger partial charge in [0.15, 0.2) is 11.5 Å². The summed E-state index contributed by atoms with van der Waals surface area (Å²) in [4.78, 5) is 22.2. The zero-order valence-electron chi connectivity index (χ0n) is 18.5. The summed E-state index contributed by atoms with van der Waals surface area (Å²) in [6, 6.07) is 0. The number of carboxylic acids is 1. The number of rotatable bonds is 16. The number of hydrogen-bond acceptors (Lipinski definition) is 5. The molecule has 29 heavy (non-hydrogen) atoms. The molecule has 6 nitrogen and oxygen atoms in total. The lowest BCUT2D eigenvalue weighted by molar-refractivity contribution is -0.209. The van der Waals surface area contributed by atoms with Crippen molar-refractivity contribution < 1.29 is 29.5 Å². The lowest BCUT2D eigenvalue weighted by Crippen LogP contribution is -2.10. The van der Waals surface area contributed by atoms with Gasteiger partial charge in [0.1, 0.15) is 5.56 Å². The summed E-state index contributed by atoms with van der Waals surface area (Å²) in [5.41, 5.74) is 0.914. The zero-order chi connectivity index (χ0) is 21.6. The molecule has 2 N–H and O–H groups in total. The fourth-order valence-electron chi connectivity index (χ4n) is 3.18. The predicted octanol–water partition coefficient (Wildman–Crippen LogP) is 6.34. The fourth-order valence-corrected chi connectivity index (χ4v) is 3.18. The molecule has 6 heteroatoms. The van der Waals surface area contributed by atoms with Crippen molar-refractivity contribution >= 4 is 5.97 Å². The number of aromatic carboxylic acids is 1. The Balaban J connectivity index is 2.84. The molecule has 0 heterocycles. The van der Waals surface area contributed by atoms with Crippen molar-refractivity contribution in [3.8, 4) is 17.2 Å². The maximum absolute atomic E-state index is 11.6. The van der Waals surface area contributed by atoms with Crippen LogP contribution in [0.3, 0.4) is 0 Å². The van der Waals surface area contributed by atoms with Crippen molar-refractivity contribution in [2.75, 3.05) is 13.2 Å². The van der Waals surface area contributed by atoms with Crippen LogP contribution in [0.1, 0.15) is 99.5 Å². The molecule has 0 amide bonds. The second kappa shape index (κ2) is 14.1. The van der Waals surface area contributed by atoms with Crippen LogP contribution in [-0.4, -0.2) is 29.4 Å². The first kappa shape index (κ1) is 25.1. The Hall–Kier alpha value is -1.95. The van der Waals surface area contributed by atoms with Gasteiger partial charge in [-0.05, 0) is 37.8 Å². The summed E-state index contributed by atoms with van der Waals surface area (Å²) in [7, 11) is 0. The van der Waals surface area contributed by atoms with Gasteiger partial charge in [0.25, 0.3) is 0 Å². The highest BCUT2D eigenvalue weighted by Gasteiger charge is 2.27. The predicted molar refractivity (Wildman–Crippen MR) is 114 cm³/mol. The standard InChI is InChI=1S/C23H38O6/c1-5-7-9-11-13-15-27-21-18(4)17(3)19(23(25)26)20(24)22(21)29-28-16-14-12-10-8-6-2/h24H,5-16H2,1-4H3,(H,25,26). The van der Waals surface area contributed by atoms with E-state index in [9.17, 15) is 15.0 Å². The largest absolute Gasteiger partial charge is 0.503 e. The van der Waals surface area contributed by atoms with Crippen LogP contribution in [0.25, 0.3) is 0 Å². The Labute approximate surface area is 175 Å². The molecule has 0 radical (unpaired) electrons. The third-order valence-corrected chi connectivity index (χ3v) is 5.12. The highest BCUT2D eigenvalue weighted by molar-refractivity contribution is 5.95. The third-order valence-electron chi connectivity index (χ3n) is 5.12. The van der Waals surface area contributed by atoms with E-state index in [2.05, 4.69) is 13.8 Å². The first-order valence-electron chi connectivity index (χ1n) is 11.0. The van der Waals surface area contributed by atoms with Gasteiger partial charge >= 0.3 is 5.97 Å². The van der Waals surface area contributed by atoms with Crippen LogP contribution in [0.4, 0.5) is 0 Å². The van der Waals surface area contributed by atoms with Gasteiger partial charge in [0, 0.05) is 0 Å². The first-order valence-corrected chi connectivity index (χ1v) is 11.0. The fraction of sp³-hybridized carbons (Fsp3) is 0.696. The van der Waals surface area contributed by atoms with E-state index in [4.69, 9.17) is 14.5 Å². The zero-order valence-corrected chi connectivity index (χ0v) is 18.5. The van der Waals surface area contributed by atoms with Crippen LogP contribution in [0.2, 0.25) is 0 Å². The van der Waals surface area contributed by atoms with Crippen LogP contribution in [0.15, 0.2) is 0 Å². The van der Waals surface area contributed by atoms with Gasteiger partial charge in [-0.2, -0.15) is 4.89 Å². The van der Waals surface area contributed by atoms with E-state index in [1.807, 2.05) is 0 Å². The molecular formula is C23H38O6. The Kier molecular flexibility index (Phi) is 12.2. The number of carbonyl (C=O) groups is 1. The van der Waals surface area contributed by atoms with Crippen LogP contribution < -0.4 is 9.62 Å². The number of carboxylic acid groups (broad SMARTS) is 1. The minimum atomic E-state index is -1.21. The van der Waals surface area contributed by atoms with Gasteiger partial charge in [-0.25, -0.2) is 4.79 Å². The lowest BCUT2D eigenvalue weighted by Gasteiger charge is -2.19. The molecule has 0 aliphatic carbocycles. The number of aromatic hydroxyl groups is 1. The summed E-state index contributed by atoms with van der Waals surface area (Å²) < 4.78 is 5.90. The van der Waals surface area contributed by atoms with E-state index in [0.717, 1.165) is 38.5 Å². The van der Waals surface area contributed by atoms with Crippen molar-refractivity contribution in [3.63, 3.8) is 0 Å². The van der Waals surface area contributed by atoms with Crippen molar-refractivity contribution in [2.45, 2.75) is 91.9 Å². The normalized spacial score (nSPS) is 10.9. The van der Waals surface area contributed by atoms with Crippen molar-refractivity contribution in [3.05, 3.63) is 16.7 Å². The molecule has 1 aromatic carbocycles. The molecular weight excluding hydrogens is 372 g/mol. The summed E-state index contributed by atoms with van der Waals surface area (Å²) in [5, 5.41) is 20.0. The maximum Gasteiger partial charge on any atom is 0.339 e. The van der Waals surface area contributed by atoms with Crippen molar-refractivity contribution in [1.82, 2.24) is 0 Å². The Morgan fingerprint density at radius 3 is 1.90 bits per heavy atom. The van der Waals surface area contributed by atoms with Crippen molar-refractivity contribution in [2.24, 2.45) is 0 Å².